The Morgan fingerprint density at radius 2 is 1.93 bits per heavy atom. The molecule has 0 fully saturated rings. The van der Waals surface area contributed by atoms with E-state index in [1.54, 1.807) is 35.6 Å². The summed E-state index contributed by atoms with van der Waals surface area (Å²) in [5.74, 6) is 0.0743. The first kappa shape index (κ1) is 18.5. The van der Waals surface area contributed by atoms with Crippen LogP contribution in [0.2, 0.25) is 5.02 Å². The van der Waals surface area contributed by atoms with Gasteiger partial charge in [0.2, 0.25) is 0 Å². The number of nitrogens with zero attached hydrogens (tertiary/aromatic N) is 2. The first-order chi connectivity index (χ1) is 14.1. The Kier molecular flexibility index (Phi) is 4.73. The molecular weight excluding hydrogens is 426 g/mol. The average molecular weight is 442 g/mol. The molecule has 29 heavy (non-hydrogen) atoms. The van der Waals surface area contributed by atoms with Gasteiger partial charge in [-0.2, -0.15) is 4.68 Å². The molecule has 1 N–H and O–H groups in total. The van der Waals surface area contributed by atoms with Crippen LogP contribution in [0, 0.1) is 0 Å². The van der Waals surface area contributed by atoms with Crippen molar-refractivity contribution in [1.82, 2.24) is 9.66 Å². The van der Waals surface area contributed by atoms with E-state index in [0.717, 1.165) is 41.0 Å². The number of benzene rings is 1. The third-order valence-electron chi connectivity index (χ3n) is 5.05. The number of hydrogen-bond acceptors (Lipinski definition) is 5. The molecule has 1 aromatic carbocycles. The highest BCUT2D eigenvalue weighted by atomic mass is 35.5. The zero-order valence-corrected chi connectivity index (χ0v) is 17.7. The van der Waals surface area contributed by atoms with Crippen LogP contribution in [0.1, 0.15) is 33.6 Å². The Balaban J connectivity index is 1.68. The monoisotopic (exact) mass is 441 g/mol. The molecule has 4 aromatic rings. The van der Waals surface area contributed by atoms with Crippen LogP contribution in [0.3, 0.4) is 0 Å². The van der Waals surface area contributed by atoms with Gasteiger partial charge < -0.3 is 0 Å². The van der Waals surface area contributed by atoms with Crippen LogP contribution in [0.15, 0.2) is 46.6 Å². The molecule has 1 aliphatic rings. The van der Waals surface area contributed by atoms with Gasteiger partial charge >= 0.3 is 0 Å². The summed E-state index contributed by atoms with van der Waals surface area (Å²) in [6.07, 6.45) is 4.08. The molecule has 1 aliphatic carbocycles. The van der Waals surface area contributed by atoms with Crippen molar-refractivity contribution < 1.29 is 4.79 Å². The lowest BCUT2D eigenvalue weighted by Gasteiger charge is -2.14. The first-order valence-corrected chi connectivity index (χ1v) is 11.4. The molecule has 0 aliphatic heterocycles. The van der Waals surface area contributed by atoms with Crippen LogP contribution in [-0.2, 0) is 12.8 Å². The van der Waals surface area contributed by atoms with Crippen molar-refractivity contribution in [2.45, 2.75) is 25.7 Å². The minimum absolute atomic E-state index is 0.222. The van der Waals surface area contributed by atoms with E-state index in [0.29, 0.717) is 21.8 Å². The molecule has 3 heterocycles. The Morgan fingerprint density at radius 3 is 2.69 bits per heavy atom. The number of thiophene rings is 2. The fraction of sp³-hybridized carbons (Fsp3) is 0.190. The summed E-state index contributed by atoms with van der Waals surface area (Å²) in [6, 6.07) is 10.4. The summed E-state index contributed by atoms with van der Waals surface area (Å²) in [6.45, 7) is 0. The number of fused-ring (bicyclic) bond motifs is 3. The molecule has 0 saturated carbocycles. The standard InChI is InChI=1S/C21H16ClN3O2S2/c22-13-9-7-12(8-10-13)19(26)24-25-18(16-6-3-11-28-16)23-20-17(21(25)27)14-4-1-2-5-15(14)29-20/h3,6-11H,1-2,4-5H2,(H,24,26). The quantitative estimate of drug-likeness (QED) is 0.481. The van der Waals surface area contributed by atoms with Gasteiger partial charge in [0.15, 0.2) is 5.82 Å². The Labute approximate surface area is 179 Å². The molecule has 0 radical (unpaired) electrons. The fourth-order valence-electron chi connectivity index (χ4n) is 3.65. The molecule has 5 nitrogen and oxygen atoms in total. The molecule has 3 aromatic heterocycles. The third kappa shape index (κ3) is 3.29. The number of nitrogens with one attached hydrogen (secondary N) is 1. The van der Waals surface area contributed by atoms with E-state index < -0.39 is 0 Å². The minimum atomic E-state index is -0.383. The summed E-state index contributed by atoms with van der Waals surface area (Å²) in [4.78, 5) is 33.9. The van der Waals surface area contributed by atoms with E-state index in [-0.39, 0.29) is 11.5 Å². The molecule has 146 valence electrons. The van der Waals surface area contributed by atoms with E-state index in [1.807, 2.05) is 17.5 Å². The number of carbonyl (C=O) groups is 1. The van der Waals surface area contributed by atoms with E-state index in [4.69, 9.17) is 16.6 Å². The summed E-state index contributed by atoms with van der Waals surface area (Å²) < 4.78 is 1.30. The number of halogens is 1. The second kappa shape index (κ2) is 7.40. The Hall–Kier alpha value is -2.48. The lowest BCUT2D eigenvalue weighted by atomic mass is 9.97. The van der Waals surface area contributed by atoms with Gasteiger partial charge in [-0.3, -0.25) is 15.0 Å². The van der Waals surface area contributed by atoms with Gasteiger partial charge in [0.25, 0.3) is 11.5 Å². The SMILES string of the molecule is O=C(Nn1c(-c2cccs2)nc2sc3c(c2c1=O)CCCC3)c1ccc(Cl)cc1. The molecular formula is C21H16ClN3O2S2. The number of rotatable bonds is 3. The van der Waals surface area contributed by atoms with Gasteiger partial charge in [0, 0.05) is 15.5 Å². The highest BCUT2D eigenvalue weighted by molar-refractivity contribution is 7.19. The van der Waals surface area contributed by atoms with Crippen LogP contribution >= 0.6 is 34.3 Å². The second-order valence-corrected chi connectivity index (χ2v) is 9.36. The second-order valence-electron chi connectivity index (χ2n) is 6.89. The highest BCUT2D eigenvalue weighted by Crippen LogP contribution is 2.35. The lowest BCUT2D eigenvalue weighted by Crippen LogP contribution is -2.35. The molecule has 0 bridgehead atoms. The summed E-state index contributed by atoms with van der Waals surface area (Å²) >= 11 is 9.00. The van der Waals surface area contributed by atoms with Crippen molar-refractivity contribution in [3.05, 3.63) is 73.2 Å². The zero-order valence-electron chi connectivity index (χ0n) is 15.3. The summed E-state index contributed by atoms with van der Waals surface area (Å²) in [5, 5.41) is 3.11. The predicted octanol–water partition coefficient (Wildman–Crippen LogP) is 5.10. The van der Waals surface area contributed by atoms with Crippen molar-refractivity contribution in [2.24, 2.45) is 0 Å². The average Bonchev–Trinajstić information content (AvgIpc) is 3.38. The Morgan fingerprint density at radius 1 is 1.14 bits per heavy atom. The minimum Gasteiger partial charge on any atom is -0.267 e. The van der Waals surface area contributed by atoms with Gasteiger partial charge in [0.1, 0.15) is 4.83 Å². The molecule has 0 atom stereocenters. The van der Waals surface area contributed by atoms with Crippen molar-refractivity contribution in [3.63, 3.8) is 0 Å². The summed E-state index contributed by atoms with van der Waals surface area (Å²) in [7, 11) is 0. The van der Waals surface area contributed by atoms with E-state index in [9.17, 15) is 9.59 Å². The van der Waals surface area contributed by atoms with Gasteiger partial charge in [-0.1, -0.05) is 17.7 Å². The van der Waals surface area contributed by atoms with Crippen LogP contribution in [0.25, 0.3) is 20.9 Å². The van der Waals surface area contributed by atoms with E-state index in [1.165, 1.54) is 20.9 Å². The third-order valence-corrected chi connectivity index (χ3v) is 7.35. The topological polar surface area (TPSA) is 64.0 Å². The molecule has 1 amide bonds. The van der Waals surface area contributed by atoms with E-state index in [2.05, 4.69) is 5.43 Å². The van der Waals surface area contributed by atoms with Crippen LogP contribution in [0.4, 0.5) is 0 Å². The molecule has 8 heteroatoms. The predicted molar refractivity (Wildman–Crippen MR) is 119 cm³/mol. The number of aryl methyl sites for hydroxylation is 2. The van der Waals surface area contributed by atoms with Crippen LogP contribution in [-0.4, -0.2) is 15.6 Å². The maximum Gasteiger partial charge on any atom is 0.281 e. The lowest BCUT2D eigenvalue weighted by molar-refractivity contribution is 0.101. The molecule has 0 saturated heterocycles. The first-order valence-electron chi connectivity index (χ1n) is 9.30. The fourth-order valence-corrected chi connectivity index (χ4v) is 5.73. The van der Waals surface area contributed by atoms with Gasteiger partial charge in [-0.25, -0.2) is 4.98 Å². The number of carbonyl (C=O) groups excluding carboxylic acids is 1. The van der Waals surface area contributed by atoms with Gasteiger partial charge in [-0.15, -0.1) is 22.7 Å². The molecule has 0 unspecified atom stereocenters. The number of aromatic nitrogens is 2. The van der Waals surface area contributed by atoms with Gasteiger partial charge in [-0.05, 0) is 67.0 Å². The van der Waals surface area contributed by atoms with Crippen molar-refractivity contribution in [1.29, 1.82) is 0 Å². The normalized spacial score (nSPS) is 13.4. The van der Waals surface area contributed by atoms with Crippen molar-refractivity contribution in [3.8, 4) is 10.7 Å². The number of amides is 1. The van der Waals surface area contributed by atoms with Crippen LogP contribution in [0.5, 0.6) is 0 Å². The van der Waals surface area contributed by atoms with Crippen LogP contribution < -0.4 is 11.0 Å². The molecule has 0 spiro atoms. The van der Waals surface area contributed by atoms with E-state index >= 15 is 0 Å². The zero-order chi connectivity index (χ0) is 20.0. The van der Waals surface area contributed by atoms with Gasteiger partial charge in [0.05, 0.1) is 10.3 Å². The summed E-state index contributed by atoms with van der Waals surface area (Å²) in [5.41, 5.74) is 4.06. The Bertz CT molecular complexity index is 1270. The largest absolute Gasteiger partial charge is 0.281 e. The maximum atomic E-state index is 13.5. The molecule has 5 rings (SSSR count). The van der Waals surface area contributed by atoms with Crippen molar-refractivity contribution in [2.75, 3.05) is 5.43 Å². The van der Waals surface area contributed by atoms with Crippen molar-refractivity contribution >= 4 is 50.4 Å². The smallest absolute Gasteiger partial charge is 0.267 e. The highest BCUT2D eigenvalue weighted by Gasteiger charge is 2.24. The maximum absolute atomic E-state index is 13.5. The number of hydrogen-bond donors (Lipinski definition) is 1.